The minimum atomic E-state index is -2.27. The van der Waals surface area contributed by atoms with Gasteiger partial charge in [0.15, 0.2) is 14.1 Å². The predicted molar refractivity (Wildman–Crippen MR) is 179 cm³/mol. The number of hydrogen-bond acceptors (Lipinski definition) is 10. The van der Waals surface area contributed by atoms with Gasteiger partial charge < -0.3 is 23.5 Å². The van der Waals surface area contributed by atoms with Gasteiger partial charge in [-0.15, -0.1) is 11.3 Å². The SMILES string of the molecule is C=CCOC(=O)C(Cl)N1C(=O)[C@H]([C@@H](C)O[Si](C)(C)C(C)(C)C)[C@H]1[C@@H](C)C(=O)c1cn2cnc(Cc3c(OC)ccnc3OC)c2s1. The average molecular weight is 691 g/mol. The summed E-state index contributed by atoms with van der Waals surface area (Å²) in [7, 11) is 0.847. The molecule has 1 unspecified atom stereocenters. The topological polar surface area (TPSA) is 122 Å². The number of aromatic nitrogens is 3. The highest BCUT2D eigenvalue weighted by Crippen LogP contribution is 2.44. The molecule has 11 nitrogen and oxygen atoms in total. The fraction of sp³-hybridized carbons (Fsp3) is 0.531. The minimum absolute atomic E-state index is 0.0489. The van der Waals surface area contributed by atoms with Gasteiger partial charge >= 0.3 is 5.97 Å². The number of amides is 1. The van der Waals surface area contributed by atoms with E-state index in [1.54, 1.807) is 50.3 Å². The quantitative estimate of drug-likeness (QED) is 0.0396. The van der Waals surface area contributed by atoms with Gasteiger partial charge in [-0.3, -0.25) is 14.0 Å². The Bertz CT molecular complexity index is 1590. The first-order valence-electron chi connectivity index (χ1n) is 15.0. The van der Waals surface area contributed by atoms with Crippen LogP contribution in [0.1, 0.15) is 55.5 Å². The lowest BCUT2D eigenvalue weighted by Crippen LogP contribution is -2.71. The van der Waals surface area contributed by atoms with Crippen molar-refractivity contribution in [2.75, 3.05) is 20.8 Å². The zero-order valence-electron chi connectivity index (χ0n) is 27.8. The zero-order chi connectivity index (χ0) is 34.1. The van der Waals surface area contributed by atoms with Gasteiger partial charge in [0.05, 0.1) is 48.4 Å². The Morgan fingerprint density at radius 3 is 2.50 bits per heavy atom. The van der Waals surface area contributed by atoms with Gasteiger partial charge in [-0.05, 0) is 31.1 Å². The number of β-lactam (4-membered cyclic amide) rings is 1. The van der Waals surface area contributed by atoms with Gasteiger partial charge in [0.1, 0.15) is 23.5 Å². The molecule has 0 aliphatic carbocycles. The zero-order valence-corrected chi connectivity index (χ0v) is 30.4. The number of alkyl halides is 1. The van der Waals surface area contributed by atoms with Crippen LogP contribution in [0.3, 0.4) is 0 Å². The normalized spacial score (nSPS) is 18.9. The maximum absolute atomic E-state index is 14.1. The number of halogens is 1. The van der Waals surface area contributed by atoms with E-state index < -0.39 is 43.8 Å². The summed E-state index contributed by atoms with van der Waals surface area (Å²) in [5, 5.41) is -0.0947. The number of esters is 1. The summed E-state index contributed by atoms with van der Waals surface area (Å²) in [5.41, 5.74) is 0.0616. The highest BCUT2D eigenvalue weighted by Gasteiger charge is 2.58. The number of ketones is 1. The van der Waals surface area contributed by atoms with E-state index in [0.29, 0.717) is 22.9 Å². The molecule has 250 valence electrons. The lowest BCUT2D eigenvalue weighted by atomic mass is 9.75. The second kappa shape index (κ2) is 13.8. The standard InChI is InChI=1S/C32H43ClN4O7SSi/c1-11-14-43-31(40)27(33)37-25(24(29(37)39)19(3)44-46(9,10)32(4,5)6)18(2)26(38)23-16-36-17-35-21(30(36)45-23)15-20-22(41-7)12-13-34-28(20)42-8/h11-13,16-19,24-25,27H,1,14-15H2,2-10H3/t18-,19-,24-,25-,27?/m1/s1. The summed E-state index contributed by atoms with van der Waals surface area (Å²) in [5.74, 6) is -1.65. The van der Waals surface area contributed by atoms with Gasteiger partial charge in [-0.25, -0.2) is 14.8 Å². The van der Waals surface area contributed by atoms with E-state index in [1.165, 1.54) is 22.3 Å². The molecule has 0 aromatic carbocycles. The first-order valence-corrected chi connectivity index (χ1v) is 19.2. The van der Waals surface area contributed by atoms with Gasteiger partial charge in [-0.2, -0.15) is 0 Å². The maximum atomic E-state index is 14.1. The number of carbonyl (C=O) groups excluding carboxylic acids is 3. The molecule has 5 atom stereocenters. The van der Waals surface area contributed by atoms with Crippen LogP contribution in [0.4, 0.5) is 0 Å². The molecule has 0 bridgehead atoms. The Labute approximate surface area is 280 Å². The summed E-state index contributed by atoms with van der Waals surface area (Å²) >= 11 is 7.84. The molecule has 4 heterocycles. The Morgan fingerprint density at radius 2 is 1.89 bits per heavy atom. The number of thiazole rings is 1. The summed E-state index contributed by atoms with van der Waals surface area (Å²) in [6, 6.07) is 1.06. The molecule has 0 radical (unpaired) electrons. The van der Waals surface area contributed by atoms with Crippen LogP contribution < -0.4 is 9.47 Å². The van der Waals surface area contributed by atoms with Crippen molar-refractivity contribution < 1.29 is 33.0 Å². The van der Waals surface area contributed by atoms with Crippen molar-refractivity contribution in [1.29, 1.82) is 0 Å². The number of likely N-dealkylation sites (tertiary alicyclic amines) is 1. The van der Waals surface area contributed by atoms with Gasteiger partial charge in [0.2, 0.25) is 17.3 Å². The number of imidazole rings is 1. The predicted octanol–water partition coefficient (Wildman–Crippen LogP) is 5.75. The molecule has 1 saturated heterocycles. The van der Waals surface area contributed by atoms with Crippen LogP contribution in [0.2, 0.25) is 18.1 Å². The lowest BCUT2D eigenvalue weighted by molar-refractivity contribution is -0.175. The second-order valence-electron chi connectivity index (χ2n) is 12.9. The lowest BCUT2D eigenvalue weighted by Gasteiger charge is -2.53. The summed E-state index contributed by atoms with van der Waals surface area (Å²) in [4.78, 5) is 51.9. The molecule has 1 aliphatic heterocycles. The second-order valence-corrected chi connectivity index (χ2v) is 19.1. The Morgan fingerprint density at radius 1 is 1.20 bits per heavy atom. The molecule has 0 spiro atoms. The molecular weight excluding hydrogens is 648 g/mol. The molecule has 1 fully saturated rings. The third-order valence-corrected chi connectivity index (χ3v) is 15.1. The van der Waals surface area contributed by atoms with Crippen LogP contribution in [0.5, 0.6) is 11.6 Å². The first-order chi connectivity index (χ1) is 21.6. The molecule has 0 N–H and O–H groups in total. The summed E-state index contributed by atoms with van der Waals surface area (Å²) in [6.07, 6.45) is 6.29. The molecule has 3 aromatic rings. The first kappa shape index (κ1) is 35.6. The number of fused-ring (bicyclic) bond motifs is 1. The van der Waals surface area contributed by atoms with E-state index in [1.807, 2.05) is 6.92 Å². The summed E-state index contributed by atoms with van der Waals surface area (Å²) < 4.78 is 24.6. The van der Waals surface area contributed by atoms with E-state index in [9.17, 15) is 14.4 Å². The highest BCUT2D eigenvalue weighted by molar-refractivity contribution is 7.19. The smallest absolute Gasteiger partial charge is 0.344 e. The van der Waals surface area contributed by atoms with E-state index in [0.717, 1.165) is 16.1 Å². The number of rotatable bonds is 14. The van der Waals surface area contributed by atoms with Crippen molar-refractivity contribution >= 4 is 53.7 Å². The van der Waals surface area contributed by atoms with Crippen molar-refractivity contribution in [3.8, 4) is 11.6 Å². The van der Waals surface area contributed by atoms with Crippen molar-refractivity contribution in [2.24, 2.45) is 11.8 Å². The highest BCUT2D eigenvalue weighted by atomic mass is 35.5. The molecule has 4 rings (SSSR count). The van der Waals surface area contributed by atoms with E-state index in [-0.39, 0.29) is 23.3 Å². The number of methoxy groups -OCH3 is 2. The number of Topliss-reactive ketones (excluding diaryl/α,β-unsaturated/α-hetero) is 1. The Kier molecular flexibility index (Phi) is 10.7. The number of hydrogen-bond donors (Lipinski definition) is 0. The van der Waals surface area contributed by atoms with Crippen LogP contribution in [0.25, 0.3) is 4.83 Å². The van der Waals surface area contributed by atoms with Crippen molar-refractivity contribution in [1.82, 2.24) is 19.3 Å². The van der Waals surface area contributed by atoms with E-state index in [4.69, 9.17) is 30.2 Å². The molecule has 1 amide bonds. The van der Waals surface area contributed by atoms with Crippen LogP contribution in [0, 0.1) is 11.8 Å². The van der Waals surface area contributed by atoms with Gasteiger partial charge in [0, 0.05) is 24.7 Å². The fourth-order valence-electron chi connectivity index (χ4n) is 5.50. The number of pyridine rings is 1. The molecule has 14 heteroatoms. The van der Waals surface area contributed by atoms with E-state index in [2.05, 4.69) is 50.4 Å². The third-order valence-electron chi connectivity index (χ3n) is 8.99. The fourth-order valence-corrected chi connectivity index (χ4v) is 8.33. The monoisotopic (exact) mass is 690 g/mol. The van der Waals surface area contributed by atoms with Crippen molar-refractivity contribution in [3.63, 3.8) is 0 Å². The van der Waals surface area contributed by atoms with Crippen LogP contribution in [-0.4, -0.2) is 83.7 Å². The summed E-state index contributed by atoms with van der Waals surface area (Å²) in [6.45, 7) is 17.7. The molecule has 46 heavy (non-hydrogen) atoms. The molecule has 1 aliphatic rings. The Hall–Kier alpha value is -3.26. The van der Waals surface area contributed by atoms with Gasteiger partial charge in [0.25, 0.3) is 0 Å². The van der Waals surface area contributed by atoms with Gasteiger partial charge in [-0.1, -0.05) is 52.0 Å². The van der Waals surface area contributed by atoms with E-state index >= 15 is 0 Å². The largest absolute Gasteiger partial charge is 0.496 e. The maximum Gasteiger partial charge on any atom is 0.344 e. The van der Waals surface area contributed by atoms with Crippen LogP contribution in [0.15, 0.2) is 37.4 Å². The number of carbonyl (C=O) groups is 3. The number of ether oxygens (including phenoxy) is 3. The van der Waals surface area contributed by atoms with Crippen LogP contribution in [-0.2, 0) is 25.2 Å². The third kappa shape index (κ3) is 6.73. The van der Waals surface area contributed by atoms with Crippen LogP contribution >= 0.6 is 22.9 Å². The van der Waals surface area contributed by atoms with Crippen molar-refractivity contribution in [3.05, 3.63) is 53.6 Å². The molecule has 0 saturated carbocycles. The average Bonchev–Trinajstić information content (AvgIpc) is 3.58. The number of nitrogens with zero attached hydrogens (tertiary/aromatic N) is 4. The minimum Gasteiger partial charge on any atom is -0.496 e. The molecular formula is C32H43ClN4O7SSi. The molecule has 3 aromatic heterocycles. The Balaban J connectivity index is 1.65. The van der Waals surface area contributed by atoms with Crippen molar-refractivity contribution in [2.45, 2.75) is 76.8 Å².